The number of urea groups is 1. The summed E-state index contributed by atoms with van der Waals surface area (Å²) in [7, 11) is 0. The van der Waals surface area contributed by atoms with Crippen molar-refractivity contribution in [2.75, 3.05) is 26.2 Å². The van der Waals surface area contributed by atoms with Gasteiger partial charge in [0, 0.05) is 25.2 Å². The van der Waals surface area contributed by atoms with E-state index in [0.29, 0.717) is 19.1 Å². The molecule has 0 unspecified atom stereocenters. The number of fused-ring (bicyclic) bond motifs is 1. The maximum Gasteiger partial charge on any atom is 0.317 e. The first-order valence-corrected chi connectivity index (χ1v) is 11.0. The highest BCUT2D eigenvalue weighted by Crippen LogP contribution is 2.48. The van der Waals surface area contributed by atoms with Crippen molar-refractivity contribution in [3.05, 3.63) is 0 Å². The number of hydrogen-bond acceptors (Lipinski definition) is 3. The molecule has 2 atom stereocenters. The smallest absolute Gasteiger partial charge is 0.317 e. The van der Waals surface area contributed by atoms with Crippen LogP contribution in [0.3, 0.4) is 0 Å². The normalized spacial score (nSPS) is 38.0. The van der Waals surface area contributed by atoms with Crippen LogP contribution in [0.2, 0.25) is 0 Å². The van der Waals surface area contributed by atoms with E-state index in [1.807, 2.05) is 0 Å². The lowest BCUT2D eigenvalue weighted by atomic mass is 9.81. The average Bonchev–Trinajstić information content (AvgIpc) is 3.22. The summed E-state index contributed by atoms with van der Waals surface area (Å²) in [6, 6.07) is 0.894. The zero-order valence-corrected chi connectivity index (χ0v) is 16.7. The van der Waals surface area contributed by atoms with Gasteiger partial charge in [-0.2, -0.15) is 0 Å². The highest BCUT2D eigenvalue weighted by Gasteiger charge is 2.55. The summed E-state index contributed by atoms with van der Waals surface area (Å²) < 4.78 is 0. The molecule has 0 aromatic rings. The molecule has 0 bridgehead atoms. The molecule has 6 nitrogen and oxygen atoms in total. The van der Waals surface area contributed by atoms with E-state index < -0.39 is 11.4 Å². The lowest BCUT2D eigenvalue weighted by Crippen LogP contribution is -2.49. The Kier molecular flexibility index (Phi) is 5.36. The quantitative estimate of drug-likeness (QED) is 0.793. The van der Waals surface area contributed by atoms with Gasteiger partial charge in [0.05, 0.1) is 5.41 Å². The third kappa shape index (κ3) is 3.69. The van der Waals surface area contributed by atoms with Gasteiger partial charge in [-0.05, 0) is 76.3 Å². The molecule has 27 heavy (non-hydrogen) atoms. The first kappa shape index (κ1) is 19.0. The molecular weight excluding hydrogens is 342 g/mol. The predicted octanol–water partition coefficient (Wildman–Crippen LogP) is 2.93. The molecule has 2 aliphatic carbocycles. The molecule has 152 valence electrons. The number of carboxylic acid groups (broad SMARTS) is 1. The number of carbonyl (C=O) groups is 2. The van der Waals surface area contributed by atoms with Crippen LogP contribution in [0.1, 0.15) is 64.7 Å². The van der Waals surface area contributed by atoms with Crippen LogP contribution >= 0.6 is 0 Å². The molecule has 6 heteroatoms. The Morgan fingerprint density at radius 3 is 2.37 bits per heavy atom. The second-order valence-corrected chi connectivity index (χ2v) is 9.60. The van der Waals surface area contributed by atoms with Crippen molar-refractivity contribution in [1.82, 2.24) is 15.1 Å². The van der Waals surface area contributed by atoms with E-state index >= 15 is 0 Å². The third-order valence-electron chi connectivity index (χ3n) is 7.94. The average molecular weight is 378 g/mol. The van der Waals surface area contributed by atoms with Crippen LogP contribution in [0.15, 0.2) is 0 Å². The van der Waals surface area contributed by atoms with E-state index in [1.165, 1.54) is 38.8 Å². The summed E-state index contributed by atoms with van der Waals surface area (Å²) in [5.74, 6) is 0.292. The van der Waals surface area contributed by atoms with Gasteiger partial charge in [0.2, 0.25) is 0 Å². The fourth-order valence-electron chi connectivity index (χ4n) is 6.04. The van der Waals surface area contributed by atoms with Crippen LogP contribution in [-0.2, 0) is 4.79 Å². The zero-order chi connectivity index (χ0) is 19.0. The van der Waals surface area contributed by atoms with Crippen molar-refractivity contribution in [2.45, 2.75) is 76.8 Å². The second kappa shape index (κ2) is 7.61. The van der Waals surface area contributed by atoms with Crippen LogP contribution in [-0.4, -0.2) is 65.2 Å². The monoisotopic (exact) mass is 377 g/mol. The predicted molar refractivity (Wildman–Crippen MR) is 104 cm³/mol. The molecule has 2 amide bonds. The fourth-order valence-corrected chi connectivity index (χ4v) is 6.04. The Bertz CT molecular complexity index is 567. The van der Waals surface area contributed by atoms with Gasteiger partial charge >= 0.3 is 12.0 Å². The molecule has 0 aromatic carbocycles. The van der Waals surface area contributed by atoms with Crippen molar-refractivity contribution >= 4 is 12.0 Å². The van der Waals surface area contributed by atoms with Crippen LogP contribution in [0, 0.1) is 17.3 Å². The third-order valence-corrected chi connectivity index (χ3v) is 7.94. The standard InChI is InChI=1S/C21H35N3O3/c1-15-8-11-23(12-9-15)18-6-4-17(5-7-18)22-20(27)24-13-16-3-2-10-21(16,14-24)19(25)26/h15-18H,2-14H2,1H3,(H,22,27)(H,25,26)/t16-,17?,18?,21+/m0/s1. The van der Waals surface area contributed by atoms with Crippen LogP contribution < -0.4 is 5.32 Å². The molecule has 4 rings (SSSR count). The Hall–Kier alpha value is -1.30. The van der Waals surface area contributed by atoms with Gasteiger partial charge in [-0.25, -0.2) is 4.79 Å². The van der Waals surface area contributed by atoms with Crippen molar-refractivity contribution in [1.29, 1.82) is 0 Å². The lowest BCUT2D eigenvalue weighted by molar-refractivity contribution is -0.149. The molecule has 0 aromatic heterocycles. The highest BCUT2D eigenvalue weighted by molar-refractivity contribution is 5.80. The Balaban J connectivity index is 1.25. The van der Waals surface area contributed by atoms with Crippen molar-refractivity contribution in [2.24, 2.45) is 17.3 Å². The van der Waals surface area contributed by atoms with Crippen molar-refractivity contribution < 1.29 is 14.7 Å². The Labute approximate surface area is 162 Å². The Morgan fingerprint density at radius 1 is 1.04 bits per heavy atom. The molecule has 4 aliphatic rings. The zero-order valence-electron chi connectivity index (χ0n) is 16.7. The second-order valence-electron chi connectivity index (χ2n) is 9.60. The van der Waals surface area contributed by atoms with Gasteiger partial charge in [-0.1, -0.05) is 13.3 Å². The highest BCUT2D eigenvalue weighted by atomic mass is 16.4. The molecule has 2 N–H and O–H groups in total. The Morgan fingerprint density at radius 2 is 1.74 bits per heavy atom. The van der Waals surface area contributed by atoms with Crippen molar-refractivity contribution in [3.63, 3.8) is 0 Å². The minimum Gasteiger partial charge on any atom is -0.481 e. The molecule has 2 saturated heterocycles. The molecule has 0 radical (unpaired) electrons. The lowest BCUT2D eigenvalue weighted by Gasteiger charge is -2.40. The van der Waals surface area contributed by atoms with Crippen molar-refractivity contribution in [3.8, 4) is 0 Å². The minimum absolute atomic E-state index is 0.0414. The largest absolute Gasteiger partial charge is 0.481 e. The first-order chi connectivity index (χ1) is 13.0. The topological polar surface area (TPSA) is 72.9 Å². The van der Waals surface area contributed by atoms with Gasteiger partial charge in [-0.3, -0.25) is 4.79 Å². The number of amides is 2. The SMILES string of the molecule is CC1CCN(C2CCC(NC(=O)N3C[C@@H]4CCC[C@@]4(C(=O)O)C3)CC2)CC1. The molecule has 2 heterocycles. The van der Waals surface area contributed by atoms with Crippen LogP contribution in [0.4, 0.5) is 4.79 Å². The summed E-state index contributed by atoms with van der Waals surface area (Å²) in [5, 5.41) is 12.9. The summed E-state index contributed by atoms with van der Waals surface area (Å²) in [5.41, 5.74) is -0.680. The number of rotatable bonds is 3. The fraction of sp³-hybridized carbons (Fsp3) is 0.905. The number of likely N-dealkylation sites (tertiary alicyclic amines) is 2. The number of carbonyl (C=O) groups excluding carboxylic acids is 1. The van der Waals surface area contributed by atoms with E-state index in [9.17, 15) is 14.7 Å². The number of carboxylic acids is 1. The molecule has 2 saturated carbocycles. The van der Waals surface area contributed by atoms with Gasteiger partial charge in [-0.15, -0.1) is 0 Å². The molecule has 2 aliphatic heterocycles. The maximum absolute atomic E-state index is 12.7. The molecule has 4 fully saturated rings. The van der Waals surface area contributed by atoms with E-state index in [-0.39, 0.29) is 18.0 Å². The van der Waals surface area contributed by atoms with E-state index in [2.05, 4.69) is 17.1 Å². The number of hydrogen-bond donors (Lipinski definition) is 2. The van der Waals surface area contributed by atoms with Crippen LogP contribution in [0.5, 0.6) is 0 Å². The van der Waals surface area contributed by atoms with Gasteiger partial charge in [0.25, 0.3) is 0 Å². The summed E-state index contributed by atoms with van der Waals surface area (Å²) >= 11 is 0. The summed E-state index contributed by atoms with van der Waals surface area (Å²) in [6.45, 7) is 5.81. The van der Waals surface area contributed by atoms with E-state index in [4.69, 9.17) is 0 Å². The summed E-state index contributed by atoms with van der Waals surface area (Å²) in [6.07, 6.45) is 9.70. The minimum atomic E-state index is -0.711. The first-order valence-electron chi connectivity index (χ1n) is 11.0. The van der Waals surface area contributed by atoms with Crippen LogP contribution in [0.25, 0.3) is 0 Å². The van der Waals surface area contributed by atoms with E-state index in [0.717, 1.165) is 38.0 Å². The number of piperidine rings is 1. The number of nitrogens with zero attached hydrogens (tertiary/aromatic N) is 2. The van der Waals surface area contributed by atoms with Gasteiger partial charge < -0.3 is 20.2 Å². The van der Waals surface area contributed by atoms with Gasteiger partial charge in [0.1, 0.15) is 0 Å². The molecular formula is C21H35N3O3. The number of aliphatic carboxylic acids is 1. The summed E-state index contributed by atoms with van der Waals surface area (Å²) in [4.78, 5) is 29.0. The maximum atomic E-state index is 12.7. The molecule has 0 spiro atoms. The van der Waals surface area contributed by atoms with E-state index in [1.54, 1.807) is 4.90 Å². The van der Waals surface area contributed by atoms with Gasteiger partial charge in [0.15, 0.2) is 0 Å². The number of nitrogens with one attached hydrogen (secondary N) is 1.